The average molecular weight is 230 g/mol. The van der Waals surface area contributed by atoms with E-state index < -0.39 is 0 Å². The molecule has 0 aliphatic heterocycles. The summed E-state index contributed by atoms with van der Waals surface area (Å²) in [6.45, 7) is 8.06. The fraction of sp³-hybridized carbons (Fsp3) is 0.308. The van der Waals surface area contributed by atoms with Crippen molar-refractivity contribution in [1.29, 1.82) is 0 Å². The Labute approximate surface area is 102 Å². The van der Waals surface area contributed by atoms with E-state index in [2.05, 4.69) is 28.5 Å². The summed E-state index contributed by atoms with van der Waals surface area (Å²) < 4.78 is 1.66. The van der Waals surface area contributed by atoms with E-state index in [4.69, 9.17) is 0 Å². The summed E-state index contributed by atoms with van der Waals surface area (Å²) in [4.78, 5) is 0. The standard InChI is InChI=1S/C11H12N4.C2H6/c1-3-4-10-7-9(2)5-6-11(10)15-8-12-13-14-15;1-2/h3-8H,1-2H3;1-2H3/b4-3+;. The summed E-state index contributed by atoms with van der Waals surface area (Å²) in [5.74, 6) is 0. The largest absolute Gasteiger partial charge is 0.200 e. The van der Waals surface area contributed by atoms with E-state index in [1.807, 2.05) is 45.1 Å². The van der Waals surface area contributed by atoms with Crippen molar-refractivity contribution < 1.29 is 0 Å². The fourth-order valence-electron chi connectivity index (χ4n) is 1.47. The third kappa shape index (κ3) is 3.24. The molecule has 4 heteroatoms. The van der Waals surface area contributed by atoms with Crippen LogP contribution >= 0.6 is 0 Å². The number of nitrogens with zero attached hydrogens (tertiary/aromatic N) is 4. The Hall–Kier alpha value is -1.97. The molecule has 0 saturated carbocycles. The molecule has 0 saturated heterocycles. The van der Waals surface area contributed by atoms with Gasteiger partial charge in [-0.15, -0.1) is 5.10 Å². The predicted octanol–water partition coefficient (Wildman–Crippen LogP) is 3.03. The Morgan fingerprint density at radius 1 is 1.24 bits per heavy atom. The van der Waals surface area contributed by atoms with Gasteiger partial charge < -0.3 is 0 Å². The average Bonchev–Trinajstić information content (AvgIpc) is 2.86. The first-order valence-corrected chi connectivity index (χ1v) is 5.78. The molecular weight excluding hydrogens is 212 g/mol. The quantitative estimate of drug-likeness (QED) is 0.796. The SMILES string of the molecule is C/C=C/c1cc(C)ccc1-n1cnnn1.CC. The topological polar surface area (TPSA) is 43.6 Å². The van der Waals surface area contributed by atoms with Crippen LogP contribution in [0.15, 0.2) is 30.6 Å². The zero-order valence-corrected chi connectivity index (χ0v) is 10.8. The lowest BCUT2D eigenvalue weighted by atomic mass is 10.1. The lowest BCUT2D eigenvalue weighted by Crippen LogP contribution is -1.98. The molecule has 0 aliphatic rings. The molecule has 0 radical (unpaired) electrons. The molecule has 1 heterocycles. The first kappa shape index (κ1) is 13.1. The Balaban J connectivity index is 0.000000686. The molecule has 4 nitrogen and oxygen atoms in total. The van der Waals surface area contributed by atoms with E-state index in [0.717, 1.165) is 11.3 Å². The zero-order chi connectivity index (χ0) is 12.7. The molecule has 0 N–H and O–H groups in total. The molecule has 17 heavy (non-hydrogen) atoms. The van der Waals surface area contributed by atoms with Gasteiger partial charge in [0.05, 0.1) is 5.69 Å². The zero-order valence-electron chi connectivity index (χ0n) is 10.8. The highest BCUT2D eigenvalue weighted by Crippen LogP contribution is 2.16. The lowest BCUT2D eigenvalue weighted by molar-refractivity contribution is 0.788. The number of tetrazole rings is 1. The van der Waals surface area contributed by atoms with Gasteiger partial charge in [-0.1, -0.05) is 37.6 Å². The van der Waals surface area contributed by atoms with E-state index in [1.165, 1.54) is 5.56 Å². The van der Waals surface area contributed by atoms with Crippen LogP contribution in [0.5, 0.6) is 0 Å². The van der Waals surface area contributed by atoms with Crippen molar-refractivity contribution >= 4 is 6.08 Å². The maximum absolute atomic E-state index is 3.88. The molecule has 2 rings (SSSR count). The molecule has 0 amide bonds. The maximum Gasteiger partial charge on any atom is 0.143 e. The van der Waals surface area contributed by atoms with Crippen LogP contribution < -0.4 is 0 Å². The molecule has 0 atom stereocenters. The van der Waals surface area contributed by atoms with Crippen LogP contribution in [0.25, 0.3) is 11.8 Å². The monoisotopic (exact) mass is 230 g/mol. The second-order valence-corrected chi connectivity index (χ2v) is 3.32. The highest BCUT2D eigenvalue weighted by Gasteiger charge is 2.03. The van der Waals surface area contributed by atoms with Crippen LogP contribution in [0.4, 0.5) is 0 Å². The van der Waals surface area contributed by atoms with Crippen LogP contribution in [-0.2, 0) is 0 Å². The van der Waals surface area contributed by atoms with Crippen molar-refractivity contribution in [3.8, 4) is 5.69 Å². The molecule has 0 spiro atoms. The van der Waals surface area contributed by atoms with E-state index in [0.29, 0.717) is 0 Å². The highest BCUT2D eigenvalue weighted by atomic mass is 15.5. The first-order chi connectivity index (χ1) is 8.31. The van der Waals surface area contributed by atoms with Crippen molar-refractivity contribution in [3.05, 3.63) is 41.7 Å². The number of aryl methyl sites for hydroxylation is 1. The van der Waals surface area contributed by atoms with E-state index in [1.54, 1.807) is 11.0 Å². The number of allylic oxidation sites excluding steroid dienone is 1. The molecule has 90 valence electrons. The summed E-state index contributed by atoms with van der Waals surface area (Å²) in [6, 6.07) is 6.17. The van der Waals surface area contributed by atoms with Crippen molar-refractivity contribution in [2.45, 2.75) is 27.7 Å². The number of rotatable bonds is 2. The number of aromatic nitrogens is 4. The predicted molar refractivity (Wildman–Crippen MR) is 69.9 cm³/mol. The van der Waals surface area contributed by atoms with Crippen LogP contribution in [0.2, 0.25) is 0 Å². The minimum Gasteiger partial charge on any atom is -0.200 e. The summed E-state index contributed by atoms with van der Waals surface area (Å²) in [6.07, 6.45) is 5.64. The van der Waals surface area contributed by atoms with Gasteiger partial charge in [0.15, 0.2) is 0 Å². The lowest BCUT2D eigenvalue weighted by Gasteiger charge is -2.05. The van der Waals surface area contributed by atoms with Gasteiger partial charge in [0.2, 0.25) is 0 Å². The Morgan fingerprint density at radius 3 is 2.59 bits per heavy atom. The van der Waals surface area contributed by atoms with Gasteiger partial charge in [-0.3, -0.25) is 0 Å². The van der Waals surface area contributed by atoms with Crippen LogP contribution in [0, 0.1) is 6.92 Å². The van der Waals surface area contributed by atoms with Gasteiger partial charge in [0.25, 0.3) is 0 Å². The molecule has 0 aliphatic carbocycles. The van der Waals surface area contributed by atoms with E-state index >= 15 is 0 Å². The summed E-state index contributed by atoms with van der Waals surface area (Å²) in [7, 11) is 0. The van der Waals surface area contributed by atoms with Crippen LogP contribution in [0.1, 0.15) is 31.9 Å². The first-order valence-electron chi connectivity index (χ1n) is 5.78. The Bertz CT molecular complexity index is 472. The van der Waals surface area contributed by atoms with Gasteiger partial charge in [-0.25, -0.2) is 0 Å². The van der Waals surface area contributed by atoms with Crippen molar-refractivity contribution in [2.75, 3.05) is 0 Å². The molecule has 1 aromatic heterocycles. The smallest absolute Gasteiger partial charge is 0.143 e. The second-order valence-electron chi connectivity index (χ2n) is 3.32. The minimum atomic E-state index is 0.990. The fourth-order valence-corrected chi connectivity index (χ4v) is 1.47. The maximum atomic E-state index is 3.88. The summed E-state index contributed by atoms with van der Waals surface area (Å²) in [5.41, 5.74) is 3.33. The molecule has 0 unspecified atom stereocenters. The minimum absolute atomic E-state index is 0.990. The van der Waals surface area contributed by atoms with Gasteiger partial charge in [0, 0.05) is 5.56 Å². The van der Waals surface area contributed by atoms with Crippen molar-refractivity contribution in [3.63, 3.8) is 0 Å². The normalized spacial score (nSPS) is 10.1. The number of hydrogen-bond acceptors (Lipinski definition) is 3. The van der Waals surface area contributed by atoms with Crippen molar-refractivity contribution in [1.82, 2.24) is 20.2 Å². The molecule has 2 aromatic rings. The number of benzene rings is 1. The summed E-state index contributed by atoms with van der Waals surface area (Å²) >= 11 is 0. The molecule has 1 aromatic carbocycles. The van der Waals surface area contributed by atoms with Gasteiger partial charge >= 0.3 is 0 Å². The van der Waals surface area contributed by atoms with Crippen LogP contribution in [0.3, 0.4) is 0 Å². The van der Waals surface area contributed by atoms with E-state index in [9.17, 15) is 0 Å². The highest BCUT2D eigenvalue weighted by molar-refractivity contribution is 5.61. The van der Waals surface area contributed by atoms with E-state index in [-0.39, 0.29) is 0 Å². The molecule has 0 fully saturated rings. The third-order valence-electron chi connectivity index (χ3n) is 2.13. The molecule has 0 bridgehead atoms. The van der Waals surface area contributed by atoms with Gasteiger partial charge in [-0.2, -0.15) is 4.68 Å². The second kappa shape index (κ2) is 6.58. The number of hydrogen-bond donors (Lipinski definition) is 0. The Kier molecular flexibility index (Phi) is 5.07. The van der Waals surface area contributed by atoms with Gasteiger partial charge in [0.1, 0.15) is 6.33 Å². The Morgan fingerprint density at radius 2 is 2.00 bits per heavy atom. The van der Waals surface area contributed by atoms with Crippen molar-refractivity contribution in [2.24, 2.45) is 0 Å². The summed E-state index contributed by atoms with van der Waals surface area (Å²) in [5, 5.41) is 11.1. The third-order valence-corrected chi connectivity index (χ3v) is 2.13. The van der Waals surface area contributed by atoms with Gasteiger partial charge in [-0.05, 0) is 36.4 Å². The molecular formula is C13H18N4. The van der Waals surface area contributed by atoms with Crippen LogP contribution in [-0.4, -0.2) is 20.2 Å².